The number of carbonyl (C=O) groups is 1. The normalized spacial score (nSPS) is 11.6. The van der Waals surface area contributed by atoms with Gasteiger partial charge in [-0.3, -0.25) is 0 Å². The summed E-state index contributed by atoms with van der Waals surface area (Å²) in [5.41, 5.74) is 1.55. The molecular formula is C14H15NO2S. The Morgan fingerprint density at radius 2 is 2.11 bits per heavy atom. The number of allylic oxidation sites excluding steroid dienone is 6. The number of aromatic nitrogens is 1. The first-order valence-corrected chi connectivity index (χ1v) is 6.13. The molecule has 94 valence electrons. The molecule has 18 heavy (non-hydrogen) atoms. The Labute approximate surface area is 111 Å². The van der Waals surface area contributed by atoms with E-state index >= 15 is 0 Å². The van der Waals surface area contributed by atoms with Gasteiger partial charge in [-0.15, -0.1) is 11.3 Å². The quantitative estimate of drug-likeness (QED) is 0.601. The molecule has 3 nitrogen and oxygen atoms in total. The summed E-state index contributed by atoms with van der Waals surface area (Å²) in [6.45, 7) is 9.07. The minimum atomic E-state index is -0.359. The smallest absolute Gasteiger partial charge is 0.349 e. The molecule has 0 radical (unpaired) electrons. The van der Waals surface area contributed by atoms with Gasteiger partial charge in [-0.2, -0.15) is 0 Å². The molecule has 0 aliphatic carbocycles. The van der Waals surface area contributed by atoms with Crippen LogP contribution in [0.1, 0.15) is 20.4 Å². The summed E-state index contributed by atoms with van der Waals surface area (Å²) >= 11 is 1.30. The van der Waals surface area contributed by atoms with Crippen molar-refractivity contribution >= 4 is 22.9 Å². The Balaban J connectivity index is 3.19. The number of methoxy groups -OCH3 is 1. The van der Waals surface area contributed by atoms with Gasteiger partial charge in [0.1, 0.15) is 9.88 Å². The summed E-state index contributed by atoms with van der Waals surface area (Å²) < 4.78 is 4.71. The van der Waals surface area contributed by atoms with E-state index < -0.39 is 0 Å². The Morgan fingerprint density at radius 1 is 1.39 bits per heavy atom. The van der Waals surface area contributed by atoms with Gasteiger partial charge in [0.2, 0.25) is 0 Å². The number of rotatable bonds is 5. The van der Waals surface area contributed by atoms with Crippen molar-refractivity contribution in [3.63, 3.8) is 0 Å². The van der Waals surface area contributed by atoms with Gasteiger partial charge >= 0.3 is 5.97 Å². The summed E-state index contributed by atoms with van der Waals surface area (Å²) in [5, 5.41) is 0.755. The molecular weight excluding hydrogens is 246 g/mol. The summed E-state index contributed by atoms with van der Waals surface area (Å²) in [7, 11) is 1.36. The molecule has 0 spiro atoms. The van der Waals surface area contributed by atoms with E-state index in [4.69, 9.17) is 4.74 Å². The summed E-state index contributed by atoms with van der Waals surface area (Å²) in [6, 6.07) is 0. The lowest BCUT2D eigenvalue weighted by molar-refractivity contribution is 0.0605. The first-order chi connectivity index (χ1) is 8.63. The maximum Gasteiger partial charge on any atom is 0.349 e. The molecule has 1 aromatic heterocycles. The average Bonchev–Trinajstić information content (AvgIpc) is 2.75. The molecule has 0 aromatic carbocycles. The van der Waals surface area contributed by atoms with Crippen LogP contribution in [0.15, 0.2) is 43.5 Å². The van der Waals surface area contributed by atoms with E-state index in [9.17, 15) is 4.79 Å². The molecule has 4 heteroatoms. The van der Waals surface area contributed by atoms with Gasteiger partial charge in [0.25, 0.3) is 0 Å². The number of nitrogens with zero attached hydrogens (tertiary/aromatic N) is 1. The zero-order valence-electron chi connectivity index (χ0n) is 10.5. The number of hydrogen-bond donors (Lipinski definition) is 0. The zero-order valence-corrected chi connectivity index (χ0v) is 11.3. The van der Waals surface area contributed by atoms with Crippen LogP contribution < -0.4 is 0 Å². The highest BCUT2D eigenvalue weighted by Crippen LogP contribution is 2.26. The van der Waals surface area contributed by atoms with Crippen LogP contribution in [-0.4, -0.2) is 18.1 Å². The maximum atomic E-state index is 11.5. The number of esters is 1. The number of ether oxygens (including phenoxy) is 1. The lowest BCUT2D eigenvalue weighted by atomic mass is 10.2. The number of thiazole rings is 1. The highest BCUT2D eigenvalue weighted by atomic mass is 32.1. The van der Waals surface area contributed by atoms with Gasteiger partial charge in [0.05, 0.1) is 12.8 Å². The van der Waals surface area contributed by atoms with Gasteiger partial charge in [0, 0.05) is 5.57 Å². The Hall–Kier alpha value is -1.94. The molecule has 0 saturated heterocycles. The third-order valence-electron chi connectivity index (χ3n) is 2.12. The molecule has 0 atom stereocenters. The largest absolute Gasteiger partial charge is 0.465 e. The van der Waals surface area contributed by atoms with Crippen LogP contribution in [-0.2, 0) is 4.74 Å². The topological polar surface area (TPSA) is 39.2 Å². The second-order valence-electron chi connectivity index (χ2n) is 3.38. The van der Waals surface area contributed by atoms with Crippen LogP contribution in [0.4, 0.5) is 0 Å². The number of carbonyl (C=O) groups excluding carboxylic acids is 1. The van der Waals surface area contributed by atoms with Crippen LogP contribution in [0.2, 0.25) is 0 Å². The Bertz CT molecular complexity index is 524. The average molecular weight is 261 g/mol. The monoisotopic (exact) mass is 261 g/mol. The van der Waals surface area contributed by atoms with Crippen molar-refractivity contribution in [1.29, 1.82) is 0 Å². The molecule has 0 unspecified atom stereocenters. The molecule has 0 fully saturated rings. The van der Waals surface area contributed by atoms with Crippen molar-refractivity contribution in [3.05, 3.63) is 59.1 Å². The number of aryl methyl sites for hydroxylation is 1. The van der Waals surface area contributed by atoms with E-state index in [1.807, 2.05) is 18.2 Å². The fourth-order valence-corrected chi connectivity index (χ4v) is 2.29. The molecule has 1 rings (SSSR count). The van der Waals surface area contributed by atoms with E-state index in [1.54, 1.807) is 19.1 Å². The molecule has 0 bridgehead atoms. The van der Waals surface area contributed by atoms with Crippen LogP contribution in [0, 0.1) is 6.92 Å². The second kappa shape index (κ2) is 6.71. The van der Waals surface area contributed by atoms with Gasteiger partial charge in [-0.25, -0.2) is 9.78 Å². The summed E-state index contributed by atoms with van der Waals surface area (Å²) in [4.78, 5) is 16.4. The fourth-order valence-electron chi connectivity index (χ4n) is 1.30. The SMILES string of the molecule is C=C/C=C\C(=C/C=C)c1nc(C)c(C(=O)OC)s1. The zero-order chi connectivity index (χ0) is 13.5. The van der Waals surface area contributed by atoms with E-state index in [-0.39, 0.29) is 5.97 Å². The van der Waals surface area contributed by atoms with Crippen LogP contribution in [0.3, 0.4) is 0 Å². The standard InChI is InChI=1S/C14H15NO2S/c1-5-7-9-11(8-6-2)13-15-10(3)12(18-13)14(16)17-4/h5-9H,1-2H2,3-4H3/b9-7-,11-8+. The van der Waals surface area contributed by atoms with Gasteiger partial charge in [0.15, 0.2) is 0 Å². The lowest BCUT2D eigenvalue weighted by Crippen LogP contribution is -1.99. The highest BCUT2D eigenvalue weighted by molar-refractivity contribution is 7.14. The lowest BCUT2D eigenvalue weighted by Gasteiger charge is -1.94. The first kappa shape index (κ1) is 14.1. The molecule has 0 N–H and O–H groups in total. The predicted molar refractivity (Wildman–Crippen MR) is 75.7 cm³/mol. The molecule has 1 aromatic rings. The minimum Gasteiger partial charge on any atom is -0.465 e. The van der Waals surface area contributed by atoms with Crippen molar-refractivity contribution in [2.24, 2.45) is 0 Å². The minimum absolute atomic E-state index is 0.359. The van der Waals surface area contributed by atoms with E-state index in [1.165, 1.54) is 18.4 Å². The fraction of sp³-hybridized carbons (Fsp3) is 0.143. The maximum absolute atomic E-state index is 11.5. The van der Waals surface area contributed by atoms with Crippen LogP contribution in [0.5, 0.6) is 0 Å². The molecule has 0 aliphatic heterocycles. The van der Waals surface area contributed by atoms with Crippen molar-refractivity contribution in [3.8, 4) is 0 Å². The van der Waals surface area contributed by atoms with Crippen molar-refractivity contribution in [2.45, 2.75) is 6.92 Å². The Morgan fingerprint density at radius 3 is 2.67 bits per heavy atom. The third-order valence-corrected chi connectivity index (χ3v) is 3.31. The van der Waals surface area contributed by atoms with Gasteiger partial charge in [-0.05, 0) is 6.92 Å². The predicted octanol–water partition coefficient (Wildman–Crippen LogP) is 3.55. The van der Waals surface area contributed by atoms with Crippen molar-refractivity contribution < 1.29 is 9.53 Å². The van der Waals surface area contributed by atoms with Crippen LogP contribution >= 0.6 is 11.3 Å². The van der Waals surface area contributed by atoms with Gasteiger partial charge < -0.3 is 4.74 Å². The molecule has 0 amide bonds. The first-order valence-electron chi connectivity index (χ1n) is 5.32. The van der Waals surface area contributed by atoms with Crippen molar-refractivity contribution in [2.75, 3.05) is 7.11 Å². The summed E-state index contributed by atoms with van der Waals surface area (Å²) in [6.07, 6.45) is 8.87. The van der Waals surface area contributed by atoms with E-state index in [0.717, 1.165) is 10.6 Å². The summed E-state index contributed by atoms with van der Waals surface area (Å²) in [5.74, 6) is -0.359. The van der Waals surface area contributed by atoms with E-state index in [2.05, 4.69) is 18.1 Å². The van der Waals surface area contributed by atoms with E-state index in [0.29, 0.717) is 10.6 Å². The molecule has 1 heterocycles. The number of hydrogen-bond acceptors (Lipinski definition) is 4. The molecule has 0 saturated carbocycles. The van der Waals surface area contributed by atoms with Crippen LogP contribution in [0.25, 0.3) is 5.57 Å². The van der Waals surface area contributed by atoms with Gasteiger partial charge in [-0.1, -0.05) is 43.5 Å². The second-order valence-corrected chi connectivity index (χ2v) is 4.38. The highest BCUT2D eigenvalue weighted by Gasteiger charge is 2.16. The third kappa shape index (κ3) is 3.28. The molecule has 0 aliphatic rings. The van der Waals surface area contributed by atoms with Crippen molar-refractivity contribution in [1.82, 2.24) is 4.98 Å². The Kier molecular flexibility index (Phi) is 5.27.